The van der Waals surface area contributed by atoms with Gasteiger partial charge >= 0.3 is 0 Å². The summed E-state index contributed by atoms with van der Waals surface area (Å²) in [7, 11) is 3.14. The van der Waals surface area contributed by atoms with Crippen LogP contribution in [0, 0.1) is 6.92 Å². The topological polar surface area (TPSA) is 89.9 Å². The molecule has 0 saturated carbocycles. The minimum absolute atomic E-state index is 0.0590. The first-order valence-electron chi connectivity index (χ1n) is 15.3. The van der Waals surface area contributed by atoms with Crippen molar-refractivity contribution in [1.82, 2.24) is 9.80 Å². The van der Waals surface area contributed by atoms with E-state index < -0.39 is 0 Å². The number of aryl methyl sites for hydroxylation is 1. The Morgan fingerprint density at radius 2 is 1.60 bits per heavy atom. The van der Waals surface area contributed by atoms with E-state index in [1.807, 2.05) is 51.5 Å². The Morgan fingerprint density at radius 3 is 2.29 bits per heavy atom. The fraction of sp³-hybridized carbons (Fsp3) is 0.389. The molecule has 0 bridgehead atoms. The predicted octanol–water partition coefficient (Wildman–Crippen LogP) is 6.93. The molecule has 0 radical (unpaired) electrons. The zero-order valence-electron chi connectivity index (χ0n) is 26.7. The maximum absolute atomic E-state index is 13.4. The summed E-state index contributed by atoms with van der Waals surface area (Å²) in [6, 6.07) is 6.97. The van der Waals surface area contributed by atoms with Crippen molar-refractivity contribution in [2.75, 3.05) is 27.4 Å². The van der Waals surface area contributed by atoms with Crippen LogP contribution in [0.2, 0.25) is 0 Å². The normalized spacial score (nSPS) is 18.4. The first-order chi connectivity index (χ1) is 21.7. The Labute approximate surface area is 265 Å². The molecule has 0 spiro atoms. The lowest BCUT2D eigenvalue weighted by molar-refractivity contribution is 0.0801. The van der Waals surface area contributed by atoms with Gasteiger partial charge < -0.3 is 28.7 Å². The molecule has 0 saturated heterocycles. The van der Waals surface area contributed by atoms with E-state index in [2.05, 4.69) is 17.3 Å². The van der Waals surface area contributed by atoms with Gasteiger partial charge in [0.25, 0.3) is 11.8 Å². The smallest absolute Gasteiger partial charge is 0.260 e. The number of carbonyl (C=O) groups excluding carboxylic acids is 2. The molecular formula is C36H41N3O6. The largest absolute Gasteiger partial charge is 0.493 e. The lowest BCUT2D eigenvalue weighted by Gasteiger charge is -2.22. The van der Waals surface area contributed by atoms with Gasteiger partial charge in [-0.1, -0.05) is 17.7 Å². The number of amides is 2. The first kappa shape index (κ1) is 31.7. The molecule has 3 aliphatic heterocycles. The monoisotopic (exact) mass is 611 g/mol. The lowest BCUT2D eigenvalue weighted by Crippen LogP contribution is -2.32. The third-order valence-corrected chi connectivity index (χ3v) is 8.22. The van der Waals surface area contributed by atoms with E-state index in [1.165, 1.54) is 0 Å². The number of benzene rings is 2. The summed E-state index contributed by atoms with van der Waals surface area (Å²) in [4.78, 5) is 34.6. The summed E-state index contributed by atoms with van der Waals surface area (Å²) in [5.74, 6) is 2.01. The van der Waals surface area contributed by atoms with E-state index in [9.17, 15) is 9.59 Å². The molecule has 236 valence electrons. The summed E-state index contributed by atoms with van der Waals surface area (Å²) < 4.78 is 23.3. The summed E-state index contributed by atoms with van der Waals surface area (Å²) in [6.45, 7) is 10.6. The van der Waals surface area contributed by atoms with Gasteiger partial charge in [0.1, 0.15) is 0 Å². The average Bonchev–Trinajstić information content (AvgIpc) is 3.56. The second kappa shape index (κ2) is 13.9. The van der Waals surface area contributed by atoms with E-state index in [-0.39, 0.29) is 23.9 Å². The van der Waals surface area contributed by atoms with Gasteiger partial charge in [-0.25, -0.2) is 0 Å². The van der Waals surface area contributed by atoms with E-state index in [4.69, 9.17) is 18.9 Å². The van der Waals surface area contributed by atoms with Gasteiger partial charge in [0.05, 0.1) is 50.8 Å². The molecule has 2 aromatic carbocycles. The fourth-order valence-electron chi connectivity index (χ4n) is 5.90. The molecule has 2 aromatic rings. The molecule has 0 aliphatic carbocycles. The molecule has 2 atom stereocenters. The van der Waals surface area contributed by atoms with Crippen LogP contribution in [0.3, 0.4) is 0 Å². The minimum atomic E-state index is -0.0946. The van der Waals surface area contributed by atoms with Crippen molar-refractivity contribution in [2.24, 2.45) is 4.99 Å². The Kier molecular flexibility index (Phi) is 9.79. The Balaban J connectivity index is 1.13. The summed E-state index contributed by atoms with van der Waals surface area (Å²) in [5, 5.41) is 0. The summed E-state index contributed by atoms with van der Waals surface area (Å²) in [5.41, 5.74) is 7.57. The minimum Gasteiger partial charge on any atom is -0.493 e. The molecule has 45 heavy (non-hydrogen) atoms. The standard InChI is InChI=1S/C36H41N3O6/c1-7-11-26-14-23(2)21-38(26)35(40)28-17-31(42-5)33(16-25(28)4)44-12-9-8-10-13-45-34-19-30-29(18-32(34)43-6)36(41)39-22-24(3)15-27(39)20-37-30/h11,16-22,26-27H,1,8-10,12-15H2,2-6H3/t26-,27+/m1/s1. The molecule has 9 heteroatoms. The lowest BCUT2D eigenvalue weighted by atomic mass is 10.1. The maximum Gasteiger partial charge on any atom is 0.260 e. The Morgan fingerprint density at radius 1 is 0.933 bits per heavy atom. The van der Waals surface area contributed by atoms with Crippen LogP contribution in [0.5, 0.6) is 23.0 Å². The predicted molar refractivity (Wildman–Crippen MR) is 174 cm³/mol. The number of hydrogen-bond acceptors (Lipinski definition) is 7. The Hall–Kier alpha value is -4.75. The number of rotatable bonds is 12. The molecule has 0 fully saturated rings. The van der Waals surface area contributed by atoms with Crippen molar-refractivity contribution in [2.45, 2.75) is 65.0 Å². The molecular weight excluding hydrogens is 570 g/mol. The zero-order chi connectivity index (χ0) is 32.1. The molecule has 9 nitrogen and oxygen atoms in total. The number of fused-ring (bicyclic) bond motifs is 2. The maximum atomic E-state index is 13.4. The molecule has 0 unspecified atom stereocenters. The highest BCUT2D eigenvalue weighted by atomic mass is 16.5. The van der Waals surface area contributed by atoms with Crippen LogP contribution in [0.4, 0.5) is 5.69 Å². The van der Waals surface area contributed by atoms with Crippen LogP contribution in [-0.2, 0) is 0 Å². The van der Waals surface area contributed by atoms with Gasteiger partial charge in [-0.3, -0.25) is 14.6 Å². The third-order valence-electron chi connectivity index (χ3n) is 8.22. The molecule has 2 amide bonds. The van der Waals surface area contributed by atoms with Crippen LogP contribution >= 0.6 is 0 Å². The number of ether oxygens (including phenoxy) is 4. The van der Waals surface area contributed by atoms with E-state index >= 15 is 0 Å². The molecule has 3 heterocycles. The fourth-order valence-corrected chi connectivity index (χ4v) is 5.90. The van der Waals surface area contributed by atoms with E-state index in [0.29, 0.717) is 53.0 Å². The number of carbonyl (C=O) groups is 2. The second-order valence-corrected chi connectivity index (χ2v) is 11.7. The molecule has 0 N–H and O–H groups in total. The number of nitrogens with zero attached hydrogens (tertiary/aromatic N) is 3. The van der Waals surface area contributed by atoms with Crippen molar-refractivity contribution >= 4 is 23.7 Å². The van der Waals surface area contributed by atoms with E-state index in [1.54, 1.807) is 42.2 Å². The van der Waals surface area contributed by atoms with Gasteiger partial charge in [-0.2, -0.15) is 0 Å². The number of unbranched alkanes of at least 4 members (excludes halogenated alkanes) is 2. The van der Waals surface area contributed by atoms with Crippen molar-refractivity contribution in [3.63, 3.8) is 0 Å². The molecule has 3 aliphatic rings. The van der Waals surface area contributed by atoms with Crippen LogP contribution in [0.1, 0.15) is 72.2 Å². The van der Waals surface area contributed by atoms with Gasteiger partial charge in [0, 0.05) is 30.2 Å². The molecule has 5 rings (SSSR count). The molecule has 0 aromatic heterocycles. The van der Waals surface area contributed by atoms with Crippen molar-refractivity contribution < 1.29 is 28.5 Å². The highest BCUT2D eigenvalue weighted by Gasteiger charge is 2.32. The van der Waals surface area contributed by atoms with Crippen LogP contribution in [0.25, 0.3) is 0 Å². The highest BCUT2D eigenvalue weighted by Crippen LogP contribution is 2.39. The average molecular weight is 612 g/mol. The third kappa shape index (κ3) is 6.84. The van der Waals surface area contributed by atoms with Gasteiger partial charge in [0.15, 0.2) is 23.0 Å². The quantitative estimate of drug-likeness (QED) is 0.191. The first-order valence-corrected chi connectivity index (χ1v) is 15.3. The number of aliphatic imine (C=N–C) groups is 1. The van der Waals surface area contributed by atoms with Crippen LogP contribution in [-0.4, -0.2) is 67.3 Å². The van der Waals surface area contributed by atoms with Gasteiger partial charge in [0.2, 0.25) is 0 Å². The second-order valence-electron chi connectivity index (χ2n) is 11.7. The van der Waals surface area contributed by atoms with E-state index in [0.717, 1.165) is 48.8 Å². The van der Waals surface area contributed by atoms with Gasteiger partial charge in [-0.05, 0) is 82.7 Å². The van der Waals surface area contributed by atoms with Crippen LogP contribution in [0.15, 0.2) is 71.2 Å². The summed E-state index contributed by atoms with van der Waals surface area (Å²) >= 11 is 0. The Bertz CT molecular complexity index is 1620. The van der Waals surface area contributed by atoms with Crippen LogP contribution < -0.4 is 18.9 Å². The van der Waals surface area contributed by atoms with Crippen molar-refractivity contribution in [3.05, 3.63) is 82.9 Å². The number of hydrogen-bond donors (Lipinski definition) is 0. The SMILES string of the molecule is C=C=C[C@@H]1CC(C)=CN1C(=O)c1cc(OC)c(OCCCCCOc2cc3c(cc2OC)C(=O)N2C=C(C)C[C@H]2C=N3)cc1C. The van der Waals surface area contributed by atoms with Crippen molar-refractivity contribution in [1.29, 1.82) is 0 Å². The number of methoxy groups -OCH3 is 2. The highest BCUT2D eigenvalue weighted by molar-refractivity contribution is 6.04. The van der Waals surface area contributed by atoms with Gasteiger partial charge in [-0.15, -0.1) is 5.73 Å². The summed E-state index contributed by atoms with van der Waals surface area (Å²) in [6.07, 6.45) is 11.5. The zero-order valence-corrected chi connectivity index (χ0v) is 26.7. The van der Waals surface area contributed by atoms with Crippen molar-refractivity contribution in [3.8, 4) is 23.0 Å².